The molecule has 1 heterocycles. The second kappa shape index (κ2) is 2.97. The Bertz CT molecular complexity index is 101. The van der Waals surface area contributed by atoms with Crippen molar-refractivity contribution < 1.29 is 9.53 Å². The zero-order valence-corrected chi connectivity index (χ0v) is 5.67. The molecule has 0 amide bonds. The number of aldehydes is 1. The molecule has 0 radical (unpaired) electrons. The molecule has 0 spiro atoms. The average molecular weight is 128 g/mol. The highest BCUT2D eigenvalue weighted by atomic mass is 16.5. The van der Waals surface area contributed by atoms with Gasteiger partial charge in [-0.25, -0.2) is 0 Å². The first-order chi connectivity index (χ1) is 4.33. The summed E-state index contributed by atoms with van der Waals surface area (Å²) in [6, 6.07) is 0. The summed E-state index contributed by atoms with van der Waals surface area (Å²) >= 11 is 0. The molecule has 0 aromatic rings. The third kappa shape index (κ3) is 1.79. The molecule has 2 nitrogen and oxygen atoms in total. The van der Waals surface area contributed by atoms with Gasteiger partial charge in [-0.3, -0.25) is 0 Å². The van der Waals surface area contributed by atoms with Crippen molar-refractivity contribution in [2.24, 2.45) is 5.92 Å². The van der Waals surface area contributed by atoms with Crippen molar-refractivity contribution in [1.82, 2.24) is 0 Å². The average Bonchev–Trinajstić information content (AvgIpc) is 1.88. The van der Waals surface area contributed by atoms with Gasteiger partial charge < -0.3 is 9.53 Å². The van der Waals surface area contributed by atoms with Gasteiger partial charge in [0.15, 0.2) is 0 Å². The predicted molar refractivity (Wildman–Crippen MR) is 34.2 cm³/mol. The molecule has 1 aliphatic heterocycles. The molecule has 1 fully saturated rings. The Morgan fingerprint density at radius 2 is 2.44 bits per heavy atom. The number of carbonyl (C=O) groups excluding carboxylic acids is 1. The maximum absolute atomic E-state index is 10.2. The Hall–Kier alpha value is -0.370. The number of ether oxygens (including phenoxy) is 1. The van der Waals surface area contributed by atoms with E-state index >= 15 is 0 Å². The zero-order valence-electron chi connectivity index (χ0n) is 5.67. The number of rotatable bonds is 1. The van der Waals surface area contributed by atoms with Crippen LogP contribution in [-0.4, -0.2) is 19.0 Å². The van der Waals surface area contributed by atoms with Crippen LogP contribution < -0.4 is 0 Å². The fraction of sp³-hybridized carbons (Fsp3) is 0.857. The zero-order chi connectivity index (χ0) is 6.69. The second-order valence-corrected chi connectivity index (χ2v) is 2.60. The molecule has 1 rings (SSSR count). The summed E-state index contributed by atoms with van der Waals surface area (Å²) in [4.78, 5) is 10.2. The maximum Gasteiger partial charge on any atom is 0.123 e. The minimum atomic E-state index is 0.258. The molecule has 1 saturated heterocycles. The predicted octanol–water partition coefficient (Wildman–Crippen LogP) is 1.00. The fourth-order valence-corrected chi connectivity index (χ4v) is 1.16. The van der Waals surface area contributed by atoms with Crippen molar-refractivity contribution in [1.29, 1.82) is 0 Å². The van der Waals surface area contributed by atoms with E-state index in [9.17, 15) is 4.79 Å². The topological polar surface area (TPSA) is 26.3 Å². The maximum atomic E-state index is 10.2. The number of carbonyl (C=O) groups is 1. The highest BCUT2D eigenvalue weighted by Crippen LogP contribution is 2.16. The number of hydrogen-bond acceptors (Lipinski definition) is 2. The van der Waals surface area contributed by atoms with E-state index in [-0.39, 0.29) is 12.0 Å². The van der Waals surface area contributed by atoms with E-state index in [1.54, 1.807) is 0 Å². The van der Waals surface area contributed by atoms with E-state index in [1.165, 1.54) is 0 Å². The van der Waals surface area contributed by atoms with Crippen LogP contribution in [0.15, 0.2) is 0 Å². The molecule has 0 aromatic heterocycles. The molecular weight excluding hydrogens is 116 g/mol. The first kappa shape index (κ1) is 6.75. The van der Waals surface area contributed by atoms with E-state index < -0.39 is 0 Å². The van der Waals surface area contributed by atoms with Gasteiger partial charge >= 0.3 is 0 Å². The van der Waals surface area contributed by atoms with Gasteiger partial charge in [0.25, 0.3) is 0 Å². The van der Waals surface area contributed by atoms with Gasteiger partial charge in [-0.05, 0) is 19.8 Å². The molecule has 9 heavy (non-hydrogen) atoms. The molecule has 0 aliphatic carbocycles. The van der Waals surface area contributed by atoms with E-state index in [4.69, 9.17) is 4.74 Å². The molecule has 0 unspecified atom stereocenters. The van der Waals surface area contributed by atoms with Crippen LogP contribution >= 0.6 is 0 Å². The van der Waals surface area contributed by atoms with E-state index in [0.717, 1.165) is 25.7 Å². The van der Waals surface area contributed by atoms with Crippen LogP contribution in [-0.2, 0) is 9.53 Å². The largest absolute Gasteiger partial charge is 0.378 e. The summed E-state index contributed by atoms with van der Waals surface area (Å²) < 4.78 is 5.25. The lowest BCUT2D eigenvalue weighted by Crippen LogP contribution is -2.23. The lowest BCUT2D eigenvalue weighted by molar-refractivity contribution is -0.115. The Balaban J connectivity index is 2.31. The molecule has 0 aromatic carbocycles. The highest BCUT2D eigenvalue weighted by molar-refractivity contribution is 5.53. The summed E-state index contributed by atoms with van der Waals surface area (Å²) in [6.07, 6.45) is 3.14. The minimum Gasteiger partial charge on any atom is -0.378 e. The van der Waals surface area contributed by atoms with Crippen LogP contribution in [0.4, 0.5) is 0 Å². The summed E-state index contributed by atoms with van der Waals surface area (Å²) in [6.45, 7) is 2.76. The van der Waals surface area contributed by atoms with Crippen LogP contribution in [0, 0.1) is 5.92 Å². The van der Waals surface area contributed by atoms with Gasteiger partial charge in [-0.2, -0.15) is 0 Å². The van der Waals surface area contributed by atoms with Crippen LogP contribution in [0.3, 0.4) is 0 Å². The summed E-state index contributed by atoms with van der Waals surface area (Å²) in [7, 11) is 0. The Morgan fingerprint density at radius 1 is 1.67 bits per heavy atom. The van der Waals surface area contributed by atoms with Crippen molar-refractivity contribution in [2.45, 2.75) is 25.9 Å². The van der Waals surface area contributed by atoms with Gasteiger partial charge in [0.05, 0.1) is 6.10 Å². The summed E-state index contributed by atoms with van der Waals surface area (Å²) in [5.74, 6) is 0.258. The quantitative estimate of drug-likeness (QED) is 0.492. The van der Waals surface area contributed by atoms with Crippen molar-refractivity contribution in [3.63, 3.8) is 0 Å². The fourth-order valence-electron chi connectivity index (χ4n) is 1.16. The smallest absolute Gasteiger partial charge is 0.123 e. The summed E-state index contributed by atoms with van der Waals surface area (Å²) in [5, 5.41) is 0. The van der Waals surface area contributed by atoms with Crippen LogP contribution in [0.1, 0.15) is 19.8 Å². The van der Waals surface area contributed by atoms with Crippen LogP contribution in [0.25, 0.3) is 0 Å². The lowest BCUT2D eigenvalue weighted by Gasteiger charge is -2.22. The second-order valence-electron chi connectivity index (χ2n) is 2.60. The third-order valence-corrected chi connectivity index (χ3v) is 1.72. The van der Waals surface area contributed by atoms with Crippen molar-refractivity contribution >= 4 is 6.29 Å². The highest BCUT2D eigenvalue weighted by Gasteiger charge is 2.17. The SMILES string of the molecule is C[C@H]1C[C@H](C=O)CCO1. The van der Waals surface area contributed by atoms with E-state index in [2.05, 4.69) is 0 Å². The molecular formula is C7H12O2. The first-order valence-electron chi connectivity index (χ1n) is 3.40. The standard InChI is InChI=1S/C7H12O2/c1-6-4-7(5-8)2-3-9-6/h5-7H,2-4H2,1H3/t6-,7+/m0/s1. The molecule has 2 heteroatoms. The van der Waals surface area contributed by atoms with Gasteiger partial charge in [0.2, 0.25) is 0 Å². The molecule has 0 N–H and O–H groups in total. The molecule has 0 bridgehead atoms. The molecule has 1 aliphatic rings. The lowest BCUT2D eigenvalue weighted by atomic mass is 9.98. The van der Waals surface area contributed by atoms with Crippen molar-refractivity contribution in [3.05, 3.63) is 0 Å². The third-order valence-electron chi connectivity index (χ3n) is 1.72. The van der Waals surface area contributed by atoms with Gasteiger partial charge in [-0.1, -0.05) is 0 Å². The monoisotopic (exact) mass is 128 g/mol. The Morgan fingerprint density at radius 3 is 2.89 bits per heavy atom. The molecule has 0 saturated carbocycles. The molecule has 52 valence electrons. The van der Waals surface area contributed by atoms with Crippen molar-refractivity contribution in [3.8, 4) is 0 Å². The molecule has 2 atom stereocenters. The first-order valence-corrected chi connectivity index (χ1v) is 3.40. The van der Waals surface area contributed by atoms with E-state index in [1.807, 2.05) is 6.92 Å². The Labute approximate surface area is 55.2 Å². The van der Waals surface area contributed by atoms with Gasteiger partial charge in [0.1, 0.15) is 6.29 Å². The Kier molecular flexibility index (Phi) is 2.22. The van der Waals surface area contributed by atoms with Gasteiger partial charge in [0, 0.05) is 12.5 Å². The summed E-state index contributed by atoms with van der Waals surface area (Å²) in [5.41, 5.74) is 0. The van der Waals surface area contributed by atoms with E-state index in [0.29, 0.717) is 0 Å². The van der Waals surface area contributed by atoms with Crippen LogP contribution in [0.2, 0.25) is 0 Å². The number of hydrogen-bond donors (Lipinski definition) is 0. The normalized spacial score (nSPS) is 36.1. The van der Waals surface area contributed by atoms with Crippen LogP contribution in [0.5, 0.6) is 0 Å². The van der Waals surface area contributed by atoms with Crippen molar-refractivity contribution in [2.75, 3.05) is 6.61 Å². The van der Waals surface area contributed by atoms with Gasteiger partial charge in [-0.15, -0.1) is 0 Å². The minimum absolute atomic E-state index is 0.258.